The minimum atomic E-state index is -0.687. The first kappa shape index (κ1) is 15.5. The van der Waals surface area contributed by atoms with Crippen LogP contribution >= 0.6 is 54.5 Å². The van der Waals surface area contributed by atoms with Gasteiger partial charge in [-0.2, -0.15) is 5.10 Å². The van der Waals surface area contributed by atoms with Gasteiger partial charge in [0.25, 0.3) is 0 Å². The molecule has 3 nitrogen and oxygen atoms in total. The molecule has 6 heteroatoms. The molecule has 1 N–H and O–H groups in total. The first-order valence-corrected chi connectivity index (χ1v) is 8.55. The van der Waals surface area contributed by atoms with Crippen molar-refractivity contribution in [1.82, 2.24) is 9.78 Å². The maximum atomic E-state index is 10.7. The topological polar surface area (TPSA) is 38.0 Å². The number of aliphatic hydroxyl groups is 1. The smallest absolute Gasteiger partial charge is 0.123 e. The lowest BCUT2D eigenvalue weighted by molar-refractivity contribution is 0.205. The number of aromatic nitrogens is 2. The van der Waals surface area contributed by atoms with Crippen molar-refractivity contribution in [2.24, 2.45) is 0 Å². The first-order valence-electron chi connectivity index (χ1n) is 5.88. The highest BCUT2D eigenvalue weighted by molar-refractivity contribution is 14.1. The van der Waals surface area contributed by atoms with Crippen LogP contribution in [0, 0.1) is 3.57 Å². The fourth-order valence-electron chi connectivity index (χ4n) is 1.91. The van der Waals surface area contributed by atoms with Gasteiger partial charge in [-0.1, -0.05) is 22.9 Å². The molecule has 2 rings (SSSR count). The van der Waals surface area contributed by atoms with Crippen LogP contribution in [-0.4, -0.2) is 14.9 Å². The van der Waals surface area contributed by atoms with Crippen LogP contribution in [0.25, 0.3) is 0 Å². The fraction of sp³-hybridized carbons (Fsp3) is 0.308. The highest BCUT2D eigenvalue weighted by atomic mass is 127. The zero-order chi connectivity index (χ0) is 14.0. The van der Waals surface area contributed by atoms with Crippen LogP contribution < -0.4 is 0 Å². The summed E-state index contributed by atoms with van der Waals surface area (Å²) < 4.78 is 4.68. The molecule has 0 bridgehead atoms. The van der Waals surface area contributed by atoms with Crippen LogP contribution in [0.2, 0.25) is 0 Å². The predicted octanol–water partition coefficient (Wildman–Crippen LogP) is 4.50. The van der Waals surface area contributed by atoms with Crippen molar-refractivity contribution in [2.75, 3.05) is 0 Å². The van der Waals surface area contributed by atoms with Gasteiger partial charge < -0.3 is 5.11 Å². The fourth-order valence-corrected chi connectivity index (χ4v) is 3.43. The van der Waals surface area contributed by atoms with Gasteiger partial charge in [-0.25, -0.2) is 0 Å². The van der Waals surface area contributed by atoms with E-state index in [4.69, 9.17) is 0 Å². The molecule has 2 aromatic rings. The SMILES string of the molecule is CCCn1ncc(Br)c1C(O)c1cc(Br)ccc1I. The monoisotopic (exact) mass is 498 g/mol. The molecule has 0 amide bonds. The third kappa shape index (κ3) is 3.40. The summed E-state index contributed by atoms with van der Waals surface area (Å²) in [5.74, 6) is 0. The van der Waals surface area contributed by atoms with E-state index in [0.29, 0.717) is 0 Å². The van der Waals surface area contributed by atoms with E-state index in [-0.39, 0.29) is 0 Å². The van der Waals surface area contributed by atoms with E-state index < -0.39 is 6.10 Å². The minimum absolute atomic E-state index is 0.687. The summed E-state index contributed by atoms with van der Waals surface area (Å²) in [6.45, 7) is 2.89. The predicted molar refractivity (Wildman–Crippen MR) is 91.1 cm³/mol. The normalized spacial score (nSPS) is 12.7. The molecule has 102 valence electrons. The molecular weight excluding hydrogens is 487 g/mol. The minimum Gasteiger partial charge on any atom is -0.382 e. The van der Waals surface area contributed by atoms with E-state index in [1.807, 2.05) is 22.9 Å². The molecule has 0 radical (unpaired) electrons. The van der Waals surface area contributed by atoms with Gasteiger partial charge in [0.1, 0.15) is 6.10 Å². The summed E-state index contributed by atoms with van der Waals surface area (Å²) in [7, 11) is 0. The van der Waals surface area contributed by atoms with Crippen LogP contribution in [-0.2, 0) is 6.54 Å². The van der Waals surface area contributed by atoms with Crippen LogP contribution in [0.15, 0.2) is 33.3 Å². The van der Waals surface area contributed by atoms with Crippen LogP contribution in [0.3, 0.4) is 0 Å². The van der Waals surface area contributed by atoms with Crippen molar-refractivity contribution >= 4 is 54.5 Å². The number of hydrogen-bond donors (Lipinski definition) is 1. The van der Waals surface area contributed by atoms with E-state index in [1.54, 1.807) is 6.20 Å². The summed E-state index contributed by atoms with van der Waals surface area (Å²) >= 11 is 9.15. The van der Waals surface area contributed by atoms with Crippen molar-refractivity contribution in [1.29, 1.82) is 0 Å². The molecule has 1 aromatic carbocycles. The molecule has 0 aliphatic heterocycles. The molecule has 0 spiro atoms. The van der Waals surface area contributed by atoms with Crippen molar-refractivity contribution in [3.63, 3.8) is 0 Å². The summed E-state index contributed by atoms with van der Waals surface area (Å²) in [5.41, 5.74) is 1.69. The average Bonchev–Trinajstić information content (AvgIpc) is 2.73. The zero-order valence-corrected chi connectivity index (χ0v) is 15.6. The summed E-state index contributed by atoms with van der Waals surface area (Å²) in [6.07, 6.45) is 2.02. The van der Waals surface area contributed by atoms with E-state index in [1.165, 1.54) is 0 Å². The Morgan fingerprint density at radius 3 is 2.84 bits per heavy atom. The third-order valence-electron chi connectivity index (χ3n) is 2.78. The lowest BCUT2D eigenvalue weighted by atomic mass is 10.1. The summed E-state index contributed by atoms with van der Waals surface area (Å²) in [6, 6.07) is 5.90. The van der Waals surface area contributed by atoms with Crippen molar-refractivity contribution in [3.8, 4) is 0 Å². The van der Waals surface area contributed by atoms with E-state index >= 15 is 0 Å². The second-order valence-electron chi connectivity index (χ2n) is 4.17. The van der Waals surface area contributed by atoms with Crippen molar-refractivity contribution < 1.29 is 5.11 Å². The number of aliphatic hydroxyl groups excluding tert-OH is 1. The molecule has 0 aliphatic rings. The van der Waals surface area contributed by atoms with Gasteiger partial charge >= 0.3 is 0 Å². The Morgan fingerprint density at radius 1 is 1.42 bits per heavy atom. The van der Waals surface area contributed by atoms with Crippen molar-refractivity contribution in [3.05, 3.63) is 48.2 Å². The number of hydrogen-bond acceptors (Lipinski definition) is 2. The lowest BCUT2D eigenvalue weighted by Gasteiger charge is -2.16. The quantitative estimate of drug-likeness (QED) is 0.629. The summed E-state index contributed by atoms with van der Waals surface area (Å²) in [4.78, 5) is 0. The van der Waals surface area contributed by atoms with E-state index in [0.717, 1.165) is 36.7 Å². The van der Waals surface area contributed by atoms with Gasteiger partial charge in [0.05, 0.1) is 16.4 Å². The van der Waals surface area contributed by atoms with Gasteiger partial charge in [-0.3, -0.25) is 4.68 Å². The Bertz CT molecular complexity index is 586. The highest BCUT2D eigenvalue weighted by Gasteiger charge is 2.21. The van der Waals surface area contributed by atoms with Gasteiger partial charge in [-0.05, 0) is 63.1 Å². The van der Waals surface area contributed by atoms with Gasteiger partial charge in [0.2, 0.25) is 0 Å². The molecular formula is C13H13Br2IN2O. The Labute approximate surface area is 142 Å². The molecule has 19 heavy (non-hydrogen) atoms. The van der Waals surface area contributed by atoms with Crippen LogP contribution in [0.5, 0.6) is 0 Å². The zero-order valence-electron chi connectivity index (χ0n) is 10.3. The van der Waals surface area contributed by atoms with Gasteiger partial charge in [0.15, 0.2) is 0 Å². The molecule has 1 heterocycles. The molecule has 0 saturated carbocycles. The number of halogens is 3. The number of rotatable bonds is 4. The molecule has 1 atom stereocenters. The largest absolute Gasteiger partial charge is 0.382 e. The standard InChI is InChI=1S/C13H13Br2IN2O/c1-2-5-18-12(10(15)7-17-18)13(19)9-6-8(14)3-4-11(9)16/h3-4,6-7,13,19H,2,5H2,1H3. The number of benzene rings is 1. The second kappa shape index (κ2) is 6.69. The Kier molecular flexibility index (Phi) is 5.45. The van der Waals surface area contributed by atoms with E-state index in [9.17, 15) is 5.11 Å². The van der Waals surface area contributed by atoms with Gasteiger partial charge in [-0.15, -0.1) is 0 Å². The second-order valence-corrected chi connectivity index (χ2v) is 7.10. The van der Waals surface area contributed by atoms with Crippen molar-refractivity contribution in [2.45, 2.75) is 26.0 Å². The summed E-state index contributed by atoms with van der Waals surface area (Å²) in [5, 5.41) is 15.0. The molecule has 1 aromatic heterocycles. The van der Waals surface area contributed by atoms with E-state index in [2.05, 4.69) is 66.5 Å². The van der Waals surface area contributed by atoms with Gasteiger partial charge in [0, 0.05) is 20.2 Å². The Balaban J connectivity index is 2.46. The molecule has 0 fully saturated rings. The van der Waals surface area contributed by atoms with Crippen LogP contribution in [0.4, 0.5) is 0 Å². The number of nitrogens with zero attached hydrogens (tertiary/aromatic N) is 2. The third-order valence-corrected chi connectivity index (χ3v) is 4.87. The van der Waals surface area contributed by atoms with Crippen LogP contribution in [0.1, 0.15) is 30.7 Å². The Morgan fingerprint density at radius 2 is 2.16 bits per heavy atom. The molecule has 0 saturated heterocycles. The number of aryl methyl sites for hydroxylation is 1. The maximum Gasteiger partial charge on any atom is 0.123 e. The highest BCUT2D eigenvalue weighted by Crippen LogP contribution is 2.32. The Hall–Kier alpha value is 0.0800. The maximum absolute atomic E-state index is 10.7. The lowest BCUT2D eigenvalue weighted by Crippen LogP contribution is -2.11. The first-order chi connectivity index (χ1) is 9.04. The molecule has 1 unspecified atom stereocenters. The average molecular weight is 500 g/mol. The molecule has 0 aliphatic carbocycles.